The average Bonchev–Trinajstić information content (AvgIpc) is 2.47. The van der Waals surface area contributed by atoms with Crippen molar-refractivity contribution in [2.45, 2.75) is 12.8 Å². The Balaban J connectivity index is 2.29. The third kappa shape index (κ3) is 2.07. The predicted molar refractivity (Wildman–Crippen MR) is 55.6 cm³/mol. The van der Waals surface area contributed by atoms with Crippen LogP contribution in [-0.4, -0.2) is 14.7 Å². The molecule has 0 saturated carbocycles. The van der Waals surface area contributed by atoms with Gasteiger partial charge in [0.15, 0.2) is 0 Å². The lowest BCUT2D eigenvalue weighted by molar-refractivity contribution is 0.607. The first-order valence-electron chi connectivity index (χ1n) is 4.39. The summed E-state index contributed by atoms with van der Waals surface area (Å²) in [5.74, 6) is 0. The zero-order chi connectivity index (χ0) is 10.2. The minimum absolute atomic E-state index is 0.634. The summed E-state index contributed by atoms with van der Waals surface area (Å²) in [6, 6.07) is 5.53. The second-order valence-corrected chi connectivity index (χ2v) is 5.17. The monoisotopic (exact) mass is 209 g/mol. The molecule has 0 amide bonds. The van der Waals surface area contributed by atoms with Crippen LogP contribution in [0.3, 0.4) is 0 Å². The number of hydrogen-bond acceptors (Lipinski definition) is 2. The van der Waals surface area contributed by atoms with Gasteiger partial charge >= 0.3 is 0 Å². The van der Waals surface area contributed by atoms with Crippen molar-refractivity contribution in [1.82, 2.24) is 0 Å². The van der Waals surface area contributed by atoms with Crippen molar-refractivity contribution in [3.8, 4) is 0 Å². The molecular formula is C10H11NO2S. The Hall–Kier alpha value is -1.03. The molecule has 2 rings (SSSR count). The Morgan fingerprint density at radius 2 is 2.21 bits per heavy atom. The van der Waals surface area contributed by atoms with Crippen LogP contribution in [0.2, 0.25) is 0 Å². The lowest BCUT2D eigenvalue weighted by Gasteiger charge is -2.05. The van der Waals surface area contributed by atoms with Crippen LogP contribution in [0.5, 0.6) is 0 Å². The second kappa shape index (κ2) is 3.28. The van der Waals surface area contributed by atoms with Crippen molar-refractivity contribution in [2.75, 3.05) is 11.0 Å². The fraction of sp³-hybridized carbons (Fsp3) is 0.300. The van der Waals surface area contributed by atoms with E-state index in [0.717, 1.165) is 24.7 Å². The summed E-state index contributed by atoms with van der Waals surface area (Å²) in [7, 11) is -3.17. The first kappa shape index (κ1) is 9.52. The van der Waals surface area contributed by atoms with Gasteiger partial charge in [-0.25, -0.2) is 8.42 Å². The molecule has 0 unspecified atom stereocenters. The third-order valence-electron chi connectivity index (χ3n) is 2.12. The van der Waals surface area contributed by atoms with Gasteiger partial charge in [-0.3, -0.25) is 4.72 Å². The average molecular weight is 209 g/mol. The van der Waals surface area contributed by atoms with E-state index in [0.29, 0.717) is 5.69 Å². The molecule has 2 radical (unpaired) electrons. The van der Waals surface area contributed by atoms with E-state index in [1.54, 1.807) is 6.07 Å². The van der Waals surface area contributed by atoms with Gasteiger partial charge in [-0.2, -0.15) is 0 Å². The van der Waals surface area contributed by atoms with E-state index in [4.69, 9.17) is 0 Å². The molecule has 1 aromatic rings. The molecule has 1 aliphatic rings. The molecule has 0 fully saturated rings. The van der Waals surface area contributed by atoms with Gasteiger partial charge in [0.25, 0.3) is 0 Å². The fourth-order valence-electron chi connectivity index (χ4n) is 1.58. The number of benzene rings is 1. The van der Waals surface area contributed by atoms with Gasteiger partial charge in [-0.1, -0.05) is 6.07 Å². The number of fused-ring (bicyclic) bond motifs is 1. The normalized spacial score (nSPS) is 15.2. The van der Waals surface area contributed by atoms with Gasteiger partial charge < -0.3 is 0 Å². The summed E-state index contributed by atoms with van der Waals surface area (Å²) in [5, 5.41) is 0. The van der Waals surface area contributed by atoms with Gasteiger partial charge in [0, 0.05) is 12.1 Å². The SMILES string of the molecule is CS(=O)(=O)Nc1ccc2c(c1)CC[C]2. The second-order valence-electron chi connectivity index (χ2n) is 3.42. The fourth-order valence-corrected chi connectivity index (χ4v) is 2.14. The minimum atomic E-state index is -3.17. The van der Waals surface area contributed by atoms with Crippen LogP contribution in [0.4, 0.5) is 5.69 Å². The van der Waals surface area contributed by atoms with Crippen molar-refractivity contribution in [1.29, 1.82) is 0 Å². The number of nitrogens with one attached hydrogen (secondary N) is 1. The molecule has 0 heterocycles. The van der Waals surface area contributed by atoms with E-state index >= 15 is 0 Å². The van der Waals surface area contributed by atoms with Crippen LogP contribution >= 0.6 is 0 Å². The lowest BCUT2D eigenvalue weighted by Crippen LogP contribution is -2.09. The van der Waals surface area contributed by atoms with Gasteiger partial charge in [0.05, 0.1) is 6.26 Å². The molecule has 14 heavy (non-hydrogen) atoms. The topological polar surface area (TPSA) is 46.2 Å². The highest BCUT2D eigenvalue weighted by Crippen LogP contribution is 2.26. The Morgan fingerprint density at radius 1 is 1.43 bits per heavy atom. The van der Waals surface area contributed by atoms with Crippen LogP contribution in [0, 0.1) is 6.42 Å². The van der Waals surface area contributed by atoms with Gasteiger partial charge in [-0.05, 0) is 36.1 Å². The summed E-state index contributed by atoms with van der Waals surface area (Å²) < 4.78 is 24.4. The van der Waals surface area contributed by atoms with E-state index in [1.165, 1.54) is 5.56 Å². The summed E-state index contributed by atoms with van der Waals surface area (Å²) in [6.45, 7) is 0. The molecule has 0 spiro atoms. The standard InChI is InChI=1S/C10H11NO2S/c1-14(12,13)11-10-6-5-8-3-2-4-9(8)7-10/h5-7,11H,2,4H2,1H3. The maximum atomic E-state index is 11.0. The summed E-state index contributed by atoms with van der Waals surface area (Å²) in [4.78, 5) is 0. The van der Waals surface area contributed by atoms with Crippen LogP contribution in [0.15, 0.2) is 18.2 Å². The Labute approximate surface area is 84.2 Å². The van der Waals surface area contributed by atoms with Crippen LogP contribution in [-0.2, 0) is 16.4 Å². The van der Waals surface area contributed by atoms with E-state index in [2.05, 4.69) is 11.1 Å². The highest BCUT2D eigenvalue weighted by molar-refractivity contribution is 7.92. The lowest BCUT2D eigenvalue weighted by atomic mass is 10.1. The van der Waals surface area contributed by atoms with E-state index in [9.17, 15) is 8.42 Å². The van der Waals surface area contributed by atoms with Crippen LogP contribution < -0.4 is 4.72 Å². The van der Waals surface area contributed by atoms with Crippen LogP contribution in [0.25, 0.3) is 0 Å². The molecule has 3 nitrogen and oxygen atoms in total. The Kier molecular flexibility index (Phi) is 2.23. The van der Waals surface area contributed by atoms with E-state index < -0.39 is 10.0 Å². The van der Waals surface area contributed by atoms with Crippen molar-refractivity contribution >= 4 is 15.7 Å². The molecule has 1 aromatic carbocycles. The minimum Gasteiger partial charge on any atom is -0.284 e. The predicted octanol–water partition coefficient (Wildman–Crippen LogP) is 1.43. The quantitative estimate of drug-likeness (QED) is 0.801. The van der Waals surface area contributed by atoms with Gasteiger partial charge in [0.1, 0.15) is 0 Å². The molecule has 0 aromatic heterocycles. The maximum absolute atomic E-state index is 11.0. The first-order chi connectivity index (χ1) is 6.54. The molecule has 74 valence electrons. The number of rotatable bonds is 2. The highest BCUT2D eigenvalue weighted by atomic mass is 32.2. The summed E-state index contributed by atoms with van der Waals surface area (Å²) >= 11 is 0. The number of sulfonamides is 1. The zero-order valence-electron chi connectivity index (χ0n) is 7.87. The van der Waals surface area contributed by atoms with Crippen LogP contribution in [0.1, 0.15) is 17.5 Å². The van der Waals surface area contributed by atoms with Crippen molar-refractivity contribution in [3.05, 3.63) is 35.7 Å². The first-order valence-corrected chi connectivity index (χ1v) is 6.28. The number of hydrogen-bond donors (Lipinski definition) is 1. The molecule has 4 heteroatoms. The van der Waals surface area contributed by atoms with Crippen molar-refractivity contribution in [2.24, 2.45) is 0 Å². The highest BCUT2D eigenvalue weighted by Gasteiger charge is 2.12. The molecule has 1 N–H and O–H groups in total. The molecule has 0 bridgehead atoms. The molecule has 0 atom stereocenters. The largest absolute Gasteiger partial charge is 0.284 e. The third-order valence-corrected chi connectivity index (χ3v) is 2.72. The van der Waals surface area contributed by atoms with E-state index in [-0.39, 0.29) is 0 Å². The zero-order valence-corrected chi connectivity index (χ0v) is 8.69. The Morgan fingerprint density at radius 3 is 2.93 bits per heavy atom. The van der Waals surface area contributed by atoms with Crippen molar-refractivity contribution < 1.29 is 8.42 Å². The molecule has 0 aliphatic heterocycles. The van der Waals surface area contributed by atoms with Gasteiger partial charge in [-0.15, -0.1) is 0 Å². The molecule has 1 aliphatic carbocycles. The Bertz CT molecular complexity index is 451. The smallest absolute Gasteiger partial charge is 0.229 e. The molecule has 0 saturated heterocycles. The van der Waals surface area contributed by atoms with Crippen molar-refractivity contribution in [3.63, 3.8) is 0 Å². The maximum Gasteiger partial charge on any atom is 0.229 e. The number of aryl methyl sites for hydroxylation is 1. The summed E-state index contributed by atoms with van der Waals surface area (Å²) in [5.41, 5.74) is 2.90. The number of anilines is 1. The van der Waals surface area contributed by atoms with Gasteiger partial charge in [0.2, 0.25) is 10.0 Å². The molecular weight excluding hydrogens is 198 g/mol. The van der Waals surface area contributed by atoms with E-state index in [1.807, 2.05) is 12.1 Å². The summed E-state index contributed by atoms with van der Waals surface area (Å²) in [6.07, 6.45) is 6.25.